The Morgan fingerprint density at radius 2 is 1.05 bits per heavy atom. The molecule has 2 amide bonds. The Hall–Kier alpha value is -1.60. The number of nitrogens with two attached hydrogens (primary N) is 2. The summed E-state index contributed by atoms with van der Waals surface area (Å²) in [7, 11) is 1.62. The highest BCUT2D eigenvalue weighted by molar-refractivity contribution is 9.69. The number of carbonyl (C=O) groups excluding carboxylic acids is 4. The molecular weight excluding hydrogens is 1020 g/mol. The quantitative estimate of drug-likeness (QED) is 0.143. The van der Waals surface area contributed by atoms with Crippen molar-refractivity contribution in [2.75, 3.05) is 12.4 Å². The molecule has 6 rings (SSSR count). The van der Waals surface area contributed by atoms with Crippen molar-refractivity contribution in [1.29, 1.82) is 0 Å². The highest BCUT2D eigenvalue weighted by atomic mass is 79.9. The van der Waals surface area contributed by atoms with Crippen molar-refractivity contribution in [2.24, 2.45) is 80.5 Å². The number of phenols is 1. The summed E-state index contributed by atoms with van der Waals surface area (Å²) in [6.45, 7) is 21.6. The van der Waals surface area contributed by atoms with Crippen LogP contribution in [0.3, 0.4) is 0 Å². The van der Waals surface area contributed by atoms with Gasteiger partial charge in [0.25, 0.3) is 0 Å². The number of hydrogen-bond acceptors (Lipinski definition) is 6. The number of Topliss-reactive ketones (excluding diaryl/α,β-unsaturated/α-hetero) is 2. The fourth-order valence-electron chi connectivity index (χ4n) is 13.0. The number of aromatic hydroxyl groups is 1. The fourth-order valence-corrected chi connectivity index (χ4v) is 13.0. The summed E-state index contributed by atoms with van der Waals surface area (Å²) in [6.07, 6.45) is 8.03. The van der Waals surface area contributed by atoms with E-state index in [1.807, 2.05) is 52.0 Å². The monoisotopic (exact) mass is 1090 g/mol. The molecule has 0 bridgehead atoms. The van der Waals surface area contributed by atoms with Gasteiger partial charge in [-0.15, -0.1) is 70.5 Å². The van der Waals surface area contributed by atoms with Gasteiger partial charge in [-0.2, -0.15) is 0 Å². The van der Waals surface area contributed by atoms with E-state index in [9.17, 15) is 24.3 Å². The lowest BCUT2D eigenvalue weighted by molar-refractivity contribution is -0.139. The van der Waals surface area contributed by atoms with Crippen LogP contribution in [0.5, 0.6) is 11.5 Å². The molecule has 0 radical (unpaired) electrons. The third-order valence-electron chi connectivity index (χ3n) is 15.5. The zero-order valence-corrected chi connectivity index (χ0v) is 44.8. The Labute approximate surface area is 406 Å². The van der Waals surface area contributed by atoms with Gasteiger partial charge in [-0.05, 0) is 145 Å². The van der Waals surface area contributed by atoms with Gasteiger partial charge >= 0.3 is 3.18 Å². The lowest BCUT2D eigenvalue weighted by atomic mass is 9.44. The van der Waals surface area contributed by atoms with Crippen molar-refractivity contribution >= 4 is 97.0 Å². The molecule has 14 heteroatoms. The lowest BCUT2D eigenvalue weighted by Gasteiger charge is -2.60. The van der Waals surface area contributed by atoms with Gasteiger partial charge in [0.15, 0.2) is 11.6 Å². The van der Waals surface area contributed by atoms with Gasteiger partial charge in [-0.1, -0.05) is 68.2 Å². The van der Waals surface area contributed by atoms with Crippen molar-refractivity contribution in [3.63, 3.8) is 0 Å². The van der Waals surface area contributed by atoms with E-state index in [-0.39, 0.29) is 101 Å². The molecule has 5 N–H and O–H groups in total. The number of primary amides is 2. The van der Waals surface area contributed by atoms with E-state index < -0.39 is 0 Å². The predicted molar refractivity (Wildman–Crippen MR) is 267 cm³/mol. The first-order valence-corrected chi connectivity index (χ1v) is 25.6. The summed E-state index contributed by atoms with van der Waals surface area (Å²) < 4.78 is 5.67. The number of ketones is 2. The van der Waals surface area contributed by atoms with Crippen LogP contribution >= 0.6 is 70.5 Å². The molecule has 0 saturated heterocycles. The van der Waals surface area contributed by atoms with Crippen molar-refractivity contribution in [3.05, 3.63) is 58.7 Å². The Morgan fingerprint density at radius 3 is 1.39 bits per heavy atom. The van der Waals surface area contributed by atoms with Gasteiger partial charge in [0.2, 0.25) is 11.8 Å². The molecule has 2 aromatic carbocycles. The van der Waals surface area contributed by atoms with E-state index >= 15 is 0 Å². The number of rotatable bonds is 7. The Bertz CT molecular complexity index is 1890. The van der Waals surface area contributed by atoms with Gasteiger partial charge < -0.3 is 21.3 Å². The number of carbonyl (C=O) groups is 4. The summed E-state index contributed by atoms with van der Waals surface area (Å²) in [5, 5.41) is 10.2. The first-order valence-electron chi connectivity index (χ1n) is 21.8. The summed E-state index contributed by atoms with van der Waals surface area (Å²) >= 11 is 18.8. The van der Waals surface area contributed by atoms with Crippen molar-refractivity contribution in [3.8, 4) is 11.5 Å². The SMILES string of the molecule is BrB(Br)Br.COc1cc(C)cc(C(=O)[C@H]2[C@H](C)C(C(N)=O)C[C@H]3C(C)(C)CCC[C@]23C)c1.Cc1cc(O)cc(C(=O)[C@H]2[C@H](C)C(C(N)=O)C[C@H]3C(C)(C)CCC[C@]23C)c1.ClCCl. The van der Waals surface area contributed by atoms with Gasteiger partial charge in [0.1, 0.15) is 11.5 Å². The van der Waals surface area contributed by atoms with Crippen LogP contribution in [0.25, 0.3) is 0 Å². The number of hydrogen-bond donors (Lipinski definition) is 3. The molecule has 2 unspecified atom stereocenters. The standard InChI is InChI=1S/C24H35NO3.C23H33NO3.CH2Cl2.BBr3/c1-14-10-16(12-17(11-14)28-6)21(26)20-15(2)18(22(25)27)13-19-23(3,4)8-7-9-24(19,20)5;1-13-9-15(11-16(25)10-13)20(26)19-14(2)17(21(24)27)12-18-22(3,4)7-6-8-23(18,19)5;2-1-3;2-1(3)4/h10-12,15,18-20H,7-9,13H2,1-6H3,(H2,25,27);9-11,14,17-19,25H,6-8,12H2,1-5H3,(H2,24,27);1H2;/t15-,18?,19+,20-,24+;14-,17?,18+,19-,23+;;/m11../s1. The molecule has 0 aromatic heterocycles. The highest BCUT2D eigenvalue weighted by Gasteiger charge is 2.61. The van der Waals surface area contributed by atoms with Crippen LogP contribution in [-0.4, -0.2) is 44.1 Å². The number of alkyl halides is 2. The number of ether oxygens (including phenoxy) is 1. The van der Waals surface area contributed by atoms with E-state index in [0.29, 0.717) is 22.8 Å². The highest BCUT2D eigenvalue weighted by Crippen LogP contribution is 2.64. The number of benzene rings is 2. The number of methoxy groups -OCH3 is 1. The predicted octanol–water partition coefficient (Wildman–Crippen LogP) is 12.8. The maximum Gasteiger partial charge on any atom is 0.369 e. The first-order chi connectivity index (χ1) is 28.6. The summed E-state index contributed by atoms with van der Waals surface area (Å²) in [4.78, 5) is 52.1. The number of phenolic OH excluding ortho intramolecular Hbond substituents is 1. The number of amides is 2. The second-order valence-corrected chi connectivity index (χ2v) is 27.6. The van der Waals surface area contributed by atoms with Gasteiger partial charge in [-0.3, -0.25) is 19.2 Å². The Morgan fingerprint density at radius 1 is 0.694 bits per heavy atom. The van der Waals surface area contributed by atoms with Gasteiger partial charge in [0, 0.05) is 34.8 Å². The van der Waals surface area contributed by atoms with Crippen molar-refractivity contribution in [2.45, 2.75) is 121 Å². The molecule has 0 aliphatic heterocycles. The summed E-state index contributed by atoms with van der Waals surface area (Å²) in [6, 6.07) is 10.8. The second-order valence-electron chi connectivity index (χ2n) is 20.3. The van der Waals surface area contributed by atoms with Crippen molar-refractivity contribution < 1.29 is 29.0 Å². The lowest BCUT2D eigenvalue weighted by Crippen LogP contribution is -2.57. The molecule has 8 nitrogen and oxygen atoms in total. The molecule has 62 heavy (non-hydrogen) atoms. The molecule has 2 aromatic rings. The van der Waals surface area contributed by atoms with Crippen LogP contribution in [0.15, 0.2) is 36.4 Å². The zero-order chi connectivity index (χ0) is 47.3. The molecular formula is C48H70BBr3Cl2N2O6. The molecule has 346 valence electrons. The molecule has 0 heterocycles. The number of fused-ring (bicyclic) bond motifs is 2. The van der Waals surface area contributed by atoms with E-state index in [1.165, 1.54) is 0 Å². The minimum Gasteiger partial charge on any atom is -0.508 e. The fraction of sp³-hybridized carbons (Fsp3) is 0.667. The third-order valence-corrected chi connectivity index (χ3v) is 15.5. The topological polar surface area (TPSA) is 150 Å². The third kappa shape index (κ3) is 12.4. The first kappa shape index (κ1) is 54.7. The Kier molecular flexibility index (Phi) is 19.7. The molecule has 0 spiro atoms. The van der Waals surface area contributed by atoms with Gasteiger partial charge in [0.05, 0.1) is 12.4 Å². The normalized spacial score (nSPS) is 31.6. The summed E-state index contributed by atoms with van der Waals surface area (Å²) in [5.41, 5.74) is 14.6. The van der Waals surface area contributed by atoms with E-state index in [2.05, 4.69) is 88.8 Å². The maximum atomic E-state index is 13.9. The average molecular weight is 1090 g/mol. The van der Waals surface area contributed by atoms with Crippen LogP contribution in [0.2, 0.25) is 0 Å². The van der Waals surface area contributed by atoms with Crippen molar-refractivity contribution in [1.82, 2.24) is 0 Å². The minimum absolute atomic E-state index is 0.0395. The van der Waals surface area contributed by atoms with E-state index in [4.69, 9.17) is 39.4 Å². The second kappa shape index (κ2) is 22.3. The zero-order valence-electron chi connectivity index (χ0n) is 38.6. The van der Waals surface area contributed by atoms with Crippen LogP contribution in [-0.2, 0) is 9.59 Å². The molecule has 10 atom stereocenters. The molecule has 4 aliphatic carbocycles. The van der Waals surface area contributed by atoms with Gasteiger partial charge in [-0.25, -0.2) is 0 Å². The number of halogens is 5. The van der Waals surface area contributed by atoms with Crippen LogP contribution in [0, 0.1) is 82.9 Å². The van der Waals surface area contributed by atoms with E-state index in [1.54, 1.807) is 19.2 Å². The average Bonchev–Trinajstić information content (AvgIpc) is 3.13. The molecule has 4 saturated carbocycles. The number of aryl methyl sites for hydroxylation is 2. The Balaban J connectivity index is 0.000000287. The summed E-state index contributed by atoms with van der Waals surface area (Å²) in [5.74, 6) is -0.187. The molecule has 4 aliphatic rings. The van der Waals surface area contributed by atoms with Crippen LogP contribution in [0.1, 0.15) is 139 Å². The van der Waals surface area contributed by atoms with Crippen LogP contribution < -0.4 is 16.2 Å². The smallest absolute Gasteiger partial charge is 0.369 e. The maximum absolute atomic E-state index is 13.9. The largest absolute Gasteiger partial charge is 0.508 e. The molecule has 4 fully saturated rings. The minimum atomic E-state index is -0.296. The van der Waals surface area contributed by atoms with E-state index in [0.717, 1.165) is 62.5 Å². The van der Waals surface area contributed by atoms with Crippen LogP contribution in [0.4, 0.5) is 0 Å².